The Balaban J connectivity index is 2.13. The first-order chi connectivity index (χ1) is 6.51. The Bertz CT molecular complexity index is 179. The molecule has 3 aliphatic heterocycles. The van der Waals surface area contributed by atoms with Crippen molar-refractivity contribution >= 4 is 15.9 Å². The van der Waals surface area contributed by atoms with E-state index in [0.717, 1.165) is 19.8 Å². The summed E-state index contributed by atoms with van der Waals surface area (Å²) < 4.78 is 17.1. The number of alkyl halides is 1. The number of halogens is 1. The molecule has 0 spiro atoms. The second kappa shape index (κ2) is 3.44. The van der Waals surface area contributed by atoms with Crippen molar-refractivity contribution in [1.29, 1.82) is 0 Å². The van der Waals surface area contributed by atoms with Gasteiger partial charge in [0.05, 0.1) is 24.6 Å². The minimum Gasteiger partial charge on any atom is -0.326 e. The van der Waals surface area contributed by atoms with Crippen molar-refractivity contribution < 1.29 is 14.2 Å². The van der Waals surface area contributed by atoms with Gasteiger partial charge in [0.15, 0.2) is 0 Å². The number of hydrogen-bond acceptors (Lipinski definition) is 3. The highest BCUT2D eigenvalue weighted by Gasteiger charge is 2.55. The molecule has 82 valence electrons. The number of rotatable bonds is 2. The van der Waals surface area contributed by atoms with Crippen LogP contribution in [0.5, 0.6) is 0 Å². The summed E-state index contributed by atoms with van der Waals surface area (Å²) in [6.07, 6.45) is 0. The average molecular weight is 265 g/mol. The zero-order chi connectivity index (χ0) is 10.4. The fraction of sp³-hybridized carbons (Fsp3) is 1.00. The summed E-state index contributed by atoms with van der Waals surface area (Å²) in [5.41, 5.74) is 0.0592. The summed E-state index contributed by atoms with van der Waals surface area (Å²) >= 11 is 3.46. The van der Waals surface area contributed by atoms with E-state index in [1.807, 2.05) is 6.92 Å². The van der Waals surface area contributed by atoms with Crippen molar-refractivity contribution in [3.8, 4) is 0 Å². The Kier molecular flexibility index (Phi) is 2.67. The molecule has 0 aromatic heterocycles. The molecule has 14 heavy (non-hydrogen) atoms. The van der Waals surface area contributed by atoms with Crippen LogP contribution < -0.4 is 0 Å². The van der Waals surface area contributed by atoms with Crippen LogP contribution in [0.15, 0.2) is 0 Å². The molecular formula is C10H17BrO3. The van der Waals surface area contributed by atoms with E-state index in [-0.39, 0.29) is 10.2 Å². The lowest BCUT2D eigenvalue weighted by Crippen LogP contribution is -2.64. The van der Waals surface area contributed by atoms with Crippen LogP contribution in [0.4, 0.5) is 0 Å². The summed E-state index contributed by atoms with van der Waals surface area (Å²) in [6.45, 7) is 8.56. The highest BCUT2D eigenvalue weighted by atomic mass is 79.9. The summed E-state index contributed by atoms with van der Waals surface area (Å²) in [4.78, 5) is 0.0560. The molecule has 3 heterocycles. The predicted octanol–water partition coefficient (Wildman–Crippen LogP) is 2.14. The maximum atomic E-state index is 5.70. The summed E-state index contributed by atoms with van der Waals surface area (Å²) in [5.74, 6) is -0.317. The van der Waals surface area contributed by atoms with E-state index in [1.165, 1.54) is 0 Å². The maximum Gasteiger partial charge on any atom is 0.295 e. The second-order valence-corrected chi connectivity index (χ2v) is 5.98. The lowest BCUT2D eigenvalue weighted by molar-refractivity contribution is -0.469. The first kappa shape index (κ1) is 10.9. The van der Waals surface area contributed by atoms with Crippen molar-refractivity contribution in [2.45, 2.75) is 31.6 Å². The van der Waals surface area contributed by atoms with Gasteiger partial charge < -0.3 is 14.2 Å². The third-order valence-electron chi connectivity index (χ3n) is 3.39. The van der Waals surface area contributed by atoms with Crippen LogP contribution in [0.1, 0.15) is 20.8 Å². The zero-order valence-corrected chi connectivity index (χ0v) is 10.5. The zero-order valence-electron chi connectivity index (χ0n) is 8.88. The standard InChI is InChI=1S/C10H17BrO3/c1-7(2)9-4-12-10(8(3)11,13-5-9)14-6-9/h7-8H,4-6H2,1-3H3. The quantitative estimate of drug-likeness (QED) is 0.716. The fourth-order valence-electron chi connectivity index (χ4n) is 1.83. The third kappa shape index (κ3) is 1.43. The molecular weight excluding hydrogens is 248 g/mol. The monoisotopic (exact) mass is 264 g/mol. The van der Waals surface area contributed by atoms with Crippen molar-refractivity contribution in [2.75, 3.05) is 19.8 Å². The highest BCUT2D eigenvalue weighted by molar-refractivity contribution is 9.09. The van der Waals surface area contributed by atoms with Crippen molar-refractivity contribution in [2.24, 2.45) is 11.3 Å². The molecule has 0 radical (unpaired) electrons. The molecule has 0 aromatic rings. The van der Waals surface area contributed by atoms with Crippen LogP contribution in [-0.2, 0) is 14.2 Å². The molecule has 1 atom stereocenters. The normalized spacial score (nSPS) is 44.4. The van der Waals surface area contributed by atoms with Gasteiger partial charge in [0, 0.05) is 5.41 Å². The maximum absolute atomic E-state index is 5.70. The summed E-state index contributed by atoms with van der Waals surface area (Å²) in [6, 6.07) is 0. The number of hydrogen-bond donors (Lipinski definition) is 0. The van der Waals surface area contributed by atoms with E-state index >= 15 is 0 Å². The van der Waals surface area contributed by atoms with E-state index in [4.69, 9.17) is 14.2 Å². The first-order valence-corrected chi connectivity index (χ1v) is 5.98. The van der Waals surface area contributed by atoms with E-state index in [9.17, 15) is 0 Å². The van der Waals surface area contributed by atoms with Gasteiger partial charge in [0.1, 0.15) is 0 Å². The lowest BCUT2D eigenvalue weighted by Gasteiger charge is -2.54. The Morgan fingerprint density at radius 1 is 1.00 bits per heavy atom. The molecule has 3 aliphatic rings. The summed E-state index contributed by atoms with van der Waals surface area (Å²) in [5, 5.41) is 0. The molecule has 3 saturated heterocycles. The number of ether oxygens (including phenoxy) is 3. The van der Waals surface area contributed by atoms with E-state index in [0.29, 0.717) is 5.92 Å². The molecule has 1 unspecified atom stereocenters. The van der Waals surface area contributed by atoms with Crippen molar-refractivity contribution in [3.63, 3.8) is 0 Å². The van der Waals surface area contributed by atoms with Crippen LogP contribution >= 0.6 is 15.9 Å². The molecule has 0 N–H and O–H groups in total. The molecule has 0 aliphatic carbocycles. The topological polar surface area (TPSA) is 27.7 Å². The summed E-state index contributed by atoms with van der Waals surface area (Å²) in [7, 11) is 0. The van der Waals surface area contributed by atoms with Gasteiger partial charge in [-0.2, -0.15) is 0 Å². The Morgan fingerprint density at radius 3 is 1.71 bits per heavy atom. The SMILES string of the molecule is CC(C)C12COC(C(C)Br)(OC1)OC2. The lowest BCUT2D eigenvalue weighted by atomic mass is 9.78. The first-order valence-electron chi connectivity index (χ1n) is 5.07. The van der Waals surface area contributed by atoms with Crippen LogP contribution in [-0.4, -0.2) is 30.6 Å². The Morgan fingerprint density at radius 2 is 1.43 bits per heavy atom. The van der Waals surface area contributed by atoms with Crippen molar-refractivity contribution in [3.05, 3.63) is 0 Å². The molecule has 0 aromatic carbocycles. The van der Waals surface area contributed by atoms with Gasteiger partial charge in [-0.05, 0) is 12.8 Å². The number of fused-ring (bicyclic) bond motifs is 3. The van der Waals surface area contributed by atoms with Gasteiger partial charge in [0.2, 0.25) is 0 Å². The fourth-order valence-corrected chi connectivity index (χ4v) is 2.22. The molecule has 0 amide bonds. The van der Waals surface area contributed by atoms with Gasteiger partial charge >= 0.3 is 0 Å². The Hall–Kier alpha value is 0.360. The molecule has 2 bridgehead atoms. The van der Waals surface area contributed by atoms with Crippen LogP contribution in [0, 0.1) is 11.3 Å². The molecule has 3 nitrogen and oxygen atoms in total. The third-order valence-corrected chi connectivity index (χ3v) is 3.96. The van der Waals surface area contributed by atoms with Gasteiger partial charge in [-0.25, -0.2) is 0 Å². The van der Waals surface area contributed by atoms with Crippen molar-refractivity contribution in [1.82, 2.24) is 0 Å². The average Bonchev–Trinajstić information content (AvgIpc) is 2.20. The van der Waals surface area contributed by atoms with Crippen LogP contribution in [0.2, 0.25) is 0 Å². The van der Waals surface area contributed by atoms with Gasteiger partial charge in [0.25, 0.3) is 5.97 Å². The second-order valence-electron chi connectivity index (χ2n) is 4.60. The van der Waals surface area contributed by atoms with E-state index in [1.54, 1.807) is 0 Å². The van der Waals surface area contributed by atoms with Gasteiger partial charge in [-0.1, -0.05) is 29.8 Å². The molecule has 4 heteroatoms. The minimum absolute atomic E-state index is 0.0560. The van der Waals surface area contributed by atoms with Gasteiger partial charge in [-0.3, -0.25) is 0 Å². The largest absolute Gasteiger partial charge is 0.326 e. The predicted molar refractivity (Wildman–Crippen MR) is 56.2 cm³/mol. The van der Waals surface area contributed by atoms with Crippen LogP contribution in [0.3, 0.4) is 0 Å². The Labute approximate surface area is 93.2 Å². The smallest absolute Gasteiger partial charge is 0.295 e. The van der Waals surface area contributed by atoms with E-state index < -0.39 is 5.97 Å². The molecule has 3 fully saturated rings. The molecule has 0 saturated carbocycles. The minimum atomic E-state index is -0.837. The van der Waals surface area contributed by atoms with Gasteiger partial charge in [-0.15, -0.1) is 0 Å². The van der Waals surface area contributed by atoms with Crippen LogP contribution in [0.25, 0.3) is 0 Å². The van der Waals surface area contributed by atoms with E-state index in [2.05, 4.69) is 29.8 Å². The highest BCUT2D eigenvalue weighted by Crippen LogP contribution is 2.45. The molecule has 3 rings (SSSR count).